The zero-order chi connectivity index (χ0) is 15.8. The zero-order valence-electron chi connectivity index (χ0n) is 12.6. The predicted molar refractivity (Wildman–Crippen MR) is 98.4 cm³/mol. The van der Waals surface area contributed by atoms with E-state index in [0.29, 0.717) is 28.1 Å². The summed E-state index contributed by atoms with van der Waals surface area (Å²) in [7, 11) is 0. The van der Waals surface area contributed by atoms with Crippen molar-refractivity contribution in [1.29, 1.82) is 0 Å². The van der Waals surface area contributed by atoms with Crippen LogP contribution in [0.2, 0.25) is 5.02 Å². The van der Waals surface area contributed by atoms with Gasteiger partial charge in [-0.3, -0.25) is 4.79 Å². The van der Waals surface area contributed by atoms with Crippen molar-refractivity contribution in [2.75, 3.05) is 11.9 Å². The number of hydrogen-bond donors (Lipinski definition) is 2. The third-order valence-electron chi connectivity index (χ3n) is 3.13. The van der Waals surface area contributed by atoms with Crippen LogP contribution in [0.3, 0.4) is 0 Å². The molecule has 0 unspecified atom stereocenters. The Labute approximate surface area is 151 Å². The zero-order valence-corrected chi connectivity index (χ0v) is 15.0. The molecule has 2 rings (SSSR count). The van der Waals surface area contributed by atoms with Crippen molar-refractivity contribution in [1.82, 2.24) is 10.2 Å². The second-order valence-corrected chi connectivity index (χ2v) is 6.28. The average molecular weight is 375 g/mol. The van der Waals surface area contributed by atoms with Crippen LogP contribution in [0.5, 0.6) is 0 Å². The number of nitrogens with two attached hydrogens (primary N) is 1. The second kappa shape index (κ2) is 10.5. The van der Waals surface area contributed by atoms with Crippen LogP contribution in [-0.4, -0.2) is 22.6 Å². The summed E-state index contributed by atoms with van der Waals surface area (Å²) in [6.07, 6.45) is 4.46. The molecule has 1 aromatic carbocycles. The molecule has 0 aliphatic heterocycles. The van der Waals surface area contributed by atoms with Gasteiger partial charge >= 0.3 is 0 Å². The van der Waals surface area contributed by atoms with E-state index in [1.165, 1.54) is 11.3 Å². The number of benzene rings is 1. The first kappa shape index (κ1) is 19.8. The van der Waals surface area contributed by atoms with Gasteiger partial charge in [0.25, 0.3) is 0 Å². The lowest BCUT2D eigenvalue weighted by Gasteiger charge is -2.01. The van der Waals surface area contributed by atoms with Crippen LogP contribution in [-0.2, 0) is 4.79 Å². The van der Waals surface area contributed by atoms with Gasteiger partial charge in [-0.05, 0) is 25.5 Å². The molecule has 0 bridgehead atoms. The molecule has 0 saturated heterocycles. The van der Waals surface area contributed by atoms with Gasteiger partial charge in [-0.25, -0.2) is 0 Å². The first-order chi connectivity index (χ1) is 10.7. The summed E-state index contributed by atoms with van der Waals surface area (Å²) in [6.45, 7) is 0.710. The molecule has 126 valence electrons. The quantitative estimate of drug-likeness (QED) is 0.680. The van der Waals surface area contributed by atoms with Gasteiger partial charge in [0.05, 0.1) is 5.02 Å². The Morgan fingerprint density at radius 2 is 1.91 bits per heavy atom. The maximum Gasteiger partial charge on any atom is 0.226 e. The topological polar surface area (TPSA) is 80.9 Å². The lowest BCUT2D eigenvalue weighted by atomic mass is 10.1. The van der Waals surface area contributed by atoms with E-state index < -0.39 is 0 Å². The van der Waals surface area contributed by atoms with Crippen LogP contribution in [0.25, 0.3) is 10.6 Å². The highest BCUT2D eigenvalue weighted by atomic mass is 35.5. The number of hydrogen-bond acceptors (Lipinski definition) is 5. The summed E-state index contributed by atoms with van der Waals surface area (Å²) in [4.78, 5) is 11.8. The Morgan fingerprint density at radius 1 is 1.17 bits per heavy atom. The minimum absolute atomic E-state index is 0. The molecule has 0 fully saturated rings. The number of unbranched alkanes of at least 4 members (excludes halogenated alkanes) is 3. The monoisotopic (exact) mass is 374 g/mol. The van der Waals surface area contributed by atoms with Crippen LogP contribution >= 0.6 is 35.3 Å². The van der Waals surface area contributed by atoms with E-state index in [9.17, 15) is 4.79 Å². The third kappa shape index (κ3) is 6.43. The molecule has 1 aromatic heterocycles. The number of rotatable bonds is 8. The SMILES string of the molecule is Cl.NCCCCCCC(=O)Nc1nnc(-c2ccccc2Cl)s1. The molecule has 1 amide bonds. The normalized spacial score (nSPS) is 10.2. The van der Waals surface area contributed by atoms with E-state index >= 15 is 0 Å². The number of halogens is 2. The third-order valence-corrected chi connectivity index (χ3v) is 4.34. The minimum Gasteiger partial charge on any atom is -0.330 e. The molecule has 0 saturated carbocycles. The van der Waals surface area contributed by atoms with Gasteiger partial charge in [0.1, 0.15) is 0 Å². The first-order valence-corrected chi connectivity index (χ1v) is 8.48. The maximum absolute atomic E-state index is 11.8. The van der Waals surface area contributed by atoms with Gasteiger partial charge in [0, 0.05) is 12.0 Å². The fraction of sp³-hybridized carbons (Fsp3) is 0.400. The van der Waals surface area contributed by atoms with Gasteiger partial charge in [-0.15, -0.1) is 22.6 Å². The fourth-order valence-corrected chi connectivity index (χ4v) is 3.06. The molecule has 2 aromatic rings. The summed E-state index contributed by atoms with van der Waals surface area (Å²) < 4.78 is 0. The van der Waals surface area contributed by atoms with Crippen molar-refractivity contribution in [3.8, 4) is 10.6 Å². The number of anilines is 1. The summed E-state index contributed by atoms with van der Waals surface area (Å²) in [5.74, 6) is -0.0328. The smallest absolute Gasteiger partial charge is 0.226 e. The predicted octanol–water partition coefficient (Wildman–Crippen LogP) is 4.13. The summed E-state index contributed by atoms with van der Waals surface area (Å²) in [5, 5.41) is 12.7. The second-order valence-electron chi connectivity index (χ2n) is 4.89. The number of nitrogens with zero attached hydrogens (tertiary/aromatic N) is 2. The Bertz CT molecular complexity index is 621. The molecule has 23 heavy (non-hydrogen) atoms. The molecular formula is C15H20Cl2N4OS. The Morgan fingerprint density at radius 3 is 2.65 bits per heavy atom. The molecule has 5 nitrogen and oxygen atoms in total. The fourth-order valence-electron chi connectivity index (χ4n) is 1.98. The van der Waals surface area contributed by atoms with Gasteiger partial charge in [-0.1, -0.05) is 54.0 Å². The van der Waals surface area contributed by atoms with Crippen molar-refractivity contribution in [2.45, 2.75) is 32.1 Å². The number of amides is 1. The lowest BCUT2D eigenvalue weighted by Crippen LogP contribution is -2.10. The average Bonchev–Trinajstić information content (AvgIpc) is 2.95. The Balaban J connectivity index is 0.00000264. The summed E-state index contributed by atoms with van der Waals surface area (Å²) in [6, 6.07) is 7.44. The van der Waals surface area contributed by atoms with E-state index in [0.717, 1.165) is 31.2 Å². The van der Waals surface area contributed by atoms with Crippen molar-refractivity contribution in [3.05, 3.63) is 29.3 Å². The molecular weight excluding hydrogens is 355 g/mol. The molecule has 1 heterocycles. The van der Waals surface area contributed by atoms with E-state index in [2.05, 4.69) is 15.5 Å². The number of carbonyl (C=O) groups excluding carboxylic acids is 1. The molecule has 3 N–H and O–H groups in total. The molecule has 0 aliphatic carbocycles. The van der Waals surface area contributed by atoms with Crippen molar-refractivity contribution in [3.63, 3.8) is 0 Å². The van der Waals surface area contributed by atoms with Crippen LogP contribution in [0.4, 0.5) is 5.13 Å². The van der Waals surface area contributed by atoms with E-state index in [1.54, 1.807) is 6.07 Å². The summed E-state index contributed by atoms with van der Waals surface area (Å²) >= 11 is 7.45. The van der Waals surface area contributed by atoms with Gasteiger partial charge in [-0.2, -0.15) is 0 Å². The number of nitrogens with one attached hydrogen (secondary N) is 1. The highest BCUT2D eigenvalue weighted by Gasteiger charge is 2.11. The van der Waals surface area contributed by atoms with Crippen LogP contribution < -0.4 is 11.1 Å². The van der Waals surface area contributed by atoms with Gasteiger partial charge in [0.15, 0.2) is 5.01 Å². The molecule has 0 aliphatic rings. The van der Waals surface area contributed by atoms with Gasteiger partial charge in [0.2, 0.25) is 11.0 Å². The van der Waals surface area contributed by atoms with E-state index in [-0.39, 0.29) is 18.3 Å². The standard InChI is InChI=1S/C15H19ClN4OS.ClH/c16-12-8-5-4-7-11(12)14-19-20-15(22-14)18-13(21)9-3-1-2-6-10-17;/h4-5,7-8H,1-3,6,9-10,17H2,(H,18,20,21);1H. The van der Waals surface area contributed by atoms with Crippen molar-refractivity contribution in [2.24, 2.45) is 5.73 Å². The Hall–Kier alpha value is -1.21. The molecule has 0 atom stereocenters. The summed E-state index contributed by atoms with van der Waals surface area (Å²) in [5.41, 5.74) is 6.25. The number of aromatic nitrogens is 2. The largest absolute Gasteiger partial charge is 0.330 e. The van der Waals surface area contributed by atoms with Crippen LogP contribution in [0.1, 0.15) is 32.1 Å². The van der Waals surface area contributed by atoms with Crippen molar-refractivity contribution < 1.29 is 4.79 Å². The maximum atomic E-state index is 11.8. The highest BCUT2D eigenvalue weighted by molar-refractivity contribution is 7.18. The first-order valence-electron chi connectivity index (χ1n) is 7.29. The van der Waals surface area contributed by atoms with Crippen molar-refractivity contribution >= 4 is 46.4 Å². The van der Waals surface area contributed by atoms with Crippen LogP contribution in [0, 0.1) is 0 Å². The molecule has 0 radical (unpaired) electrons. The highest BCUT2D eigenvalue weighted by Crippen LogP contribution is 2.31. The Kier molecular flexibility index (Phi) is 9.09. The minimum atomic E-state index is -0.0328. The number of carbonyl (C=O) groups is 1. The van der Waals surface area contributed by atoms with E-state index in [4.69, 9.17) is 17.3 Å². The lowest BCUT2D eigenvalue weighted by molar-refractivity contribution is -0.116. The molecule has 8 heteroatoms. The van der Waals surface area contributed by atoms with Crippen LogP contribution in [0.15, 0.2) is 24.3 Å². The molecule has 0 spiro atoms. The van der Waals surface area contributed by atoms with E-state index in [1.807, 2.05) is 18.2 Å². The van der Waals surface area contributed by atoms with Gasteiger partial charge < -0.3 is 11.1 Å².